The number of rotatable bonds is 9. The zero-order valence-electron chi connectivity index (χ0n) is 13.5. The van der Waals surface area contributed by atoms with Gasteiger partial charge in [0.2, 0.25) is 0 Å². The van der Waals surface area contributed by atoms with Crippen LogP contribution in [-0.4, -0.2) is 13.2 Å². The summed E-state index contributed by atoms with van der Waals surface area (Å²) in [7, 11) is 0. The van der Waals surface area contributed by atoms with Crippen LogP contribution in [0.4, 0.5) is 4.39 Å². The molecule has 0 radical (unpaired) electrons. The third kappa shape index (κ3) is 7.47. The number of hydrogen-bond acceptors (Lipinski definition) is 2. The van der Waals surface area contributed by atoms with Gasteiger partial charge in [0.1, 0.15) is 0 Å². The summed E-state index contributed by atoms with van der Waals surface area (Å²) in [6.45, 7) is 5.62. The first-order valence-corrected chi connectivity index (χ1v) is 8.24. The van der Waals surface area contributed by atoms with E-state index in [4.69, 9.17) is 10.5 Å². The van der Waals surface area contributed by atoms with Crippen molar-refractivity contribution in [2.75, 3.05) is 13.2 Å². The SMILES string of the molecule is CCC(CCCCN)CCOC1=C/C=C\C(C)C\C=C\1F. The van der Waals surface area contributed by atoms with Crippen LogP contribution in [0.1, 0.15) is 52.4 Å². The van der Waals surface area contributed by atoms with Gasteiger partial charge < -0.3 is 10.5 Å². The lowest BCUT2D eigenvalue weighted by molar-refractivity contribution is 0.182. The van der Waals surface area contributed by atoms with Gasteiger partial charge in [-0.15, -0.1) is 0 Å². The Labute approximate surface area is 128 Å². The molecule has 120 valence electrons. The first-order valence-electron chi connectivity index (χ1n) is 8.24. The minimum atomic E-state index is -0.234. The Hall–Kier alpha value is -1.09. The van der Waals surface area contributed by atoms with E-state index in [0.717, 1.165) is 32.2 Å². The minimum absolute atomic E-state index is 0.234. The highest BCUT2D eigenvalue weighted by atomic mass is 19.1. The van der Waals surface area contributed by atoms with Crippen LogP contribution in [0.3, 0.4) is 0 Å². The summed E-state index contributed by atoms with van der Waals surface area (Å²) in [5, 5.41) is 0. The largest absolute Gasteiger partial charge is 0.491 e. The van der Waals surface area contributed by atoms with Crippen LogP contribution in [0, 0.1) is 11.8 Å². The Balaban J connectivity index is 2.38. The van der Waals surface area contributed by atoms with Gasteiger partial charge in [0, 0.05) is 0 Å². The van der Waals surface area contributed by atoms with Crippen molar-refractivity contribution in [1.29, 1.82) is 0 Å². The van der Waals surface area contributed by atoms with E-state index >= 15 is 0 Å². The van der Waals surface area contributed by atoms with Crippen molar-refractivity contribution < 1.29 is 9.13 Å². The maximum atomic E-state index is 13.9. The molecule has 0 heterocycles. The number of allylic oxidation sites excluding steroid dienone is 5. The molecule has 0 spiro atoms. The van der Waals surface area contributed by atoms with E-state index in [1.165, 1.54) is 12.8 Å². The lowest BCUT2D eigenvalue weighted by Crippen LogP contribution is -2.07. The van der Waals surface area contributed by atoms with Gasteiger partial charge in [-0.1, -0.05) is 45.3 Å². The summed E-state index contributed by atoms with van der Waals surface area (Å²) in [5.74, 6) is 1.16. The van der Waals surface area contributed by atoms with Crippen molar-refractivity contribution in [3.05, 3.63) is 35.9 Å². The van der Waals surface area contributed by atoms with Crippen LogP contribution in [-0.2, 0) is 4.74 Å². The van der Waals surface area contributed by atoms with E-state index in [1.807, 2.05) is 6.08 Å². The maximum absolute atomic E-state index is 13.9. The average Bonchev–Trinajstić information content (AvgIpc) is 2.48. The second-order valence-corrected chi connectivity index (χ2v) is 5.88. The summed E-state index contributed by atoms with van der Waals surface area (Å²) >= 11 is 0. The monoisotopic (exact) mass is 295 g/mol. The molecule has 21 heavy (non-hydrogen) atoms. The van der Waals surface area contributed by atoms with Gasteiger partial charge in [0.15, 0.2) is 11.6 Å². The molecule has 0 bridgehead atoms. The molecular formula is C18H30FNO. The lowest BCUT2D eigenvalue weighted by Gasteiger charge is -2.16. The normalized spacial score (nSPS) is 26.8. The number of nitrogens with two attached hydrogens (primary N) is 1. The Morgan fingerprint density at radius 3 is 2.90 bits per heavy atom. The highest BCUT2D eigenvalue weighted by molar-refractivity contribution is 5.26. The summed E-state index contributed by atoms with van der Waals surface area (Å²) < 4.78 is 19.6. The Morgan fingerprint density at radius 1 is 1.38 bits per heavy atom. The molecule has 0 saturated carbocycles. The summed E-state index contributed by atoms with van der Waals surface area (Å²) in [6, 6.07) is 0. The van der Waals surface area contributed by atoms with Crippen LogP contribution in [0.25, 0.3) is 0 Å². The second kappa shape index (κ2) is 10.6. The van der Waals surface area contributed by atoms with E-state index in [-0.39, 0.29) is 5.83 Å². The van der Waals surface area contributed by atoms with Crippen molar-refractivity contribution in [2.24, 2.45) is 17.6 Å². The zero-order valence-corrected chi connectivity index (χ0v) is 13.5. The van der Waals surface area contributed by atoms with Gasteiger partial charge in [-0.25, -0.2) is 4.39 Å². The molecule has 1 aliphatic carbocycles. The van der Waals surface area contributed by atoms with Gasteiger partial charge in [-0.3, -0.25) is 0 Å². The molecular weight excluding hydrogens is 265 g/mol. The number of unbranched alkanes of at least 4 members (excludes halogenated alkanes) is 1. The molecule has 0 fully saturated rings. The summed E-state index contributed by atoms with van der Waals surface area (Å²) in [6.07, 6.45) is 13.6. The van der Waals surface area contributed by atoms with Crippen molar-refractivity contribution in [3.63, 3.8) is 0 Å². The Bertz CT molecular complexity index is 373. The fourth-order valence-electron chi connectivity index (χ4n) is 2.46. The molecule has 2 N–H and O–H groups in total. The smallest absolute Gasteiger partial charge is 0.161 e. The fourth-order valence-corrected chi connectivity index (χ4v) is 2.46. The molecule has 2 unspecified atom stereocenters. The van der Waals surface area contributed by atoms with E-state index in [1.54, 1.807) is 12.2 Å². The third-order valence-electron chi connectivity index (χ3n) is 4.02. The first-order chi connectivity index (χ1) is 10.2. The van der Waals surface area contributed by atoms with Gasteiger partial charge >= 0.3 is 0 Å². The van der Waals surface area contributed by atoms with E-state index in [2.05, 4.69) is 19.9 Å². The molecule has 0 saturated heterocycles. The molecule has 0 aromatic carbocycles. The molecule has 0 aromatic rings. The molecule has 0 amide bonds. The van der Waals surface area contributed by atoms with Crippen molar-refractivity contribution in [3.8, 4) is 0 Å². The highest BCUT2D eigenvalue weighted by Gasteiger charge is 2.11. The van der Waals surface area contributed by atoms with Crippen LogP contribution >= 0.6 is 0 Å². The topological polar surface area (TPSA) is 35.2 Å². The molecule has 2 nitrogen and oxygen atoms in total. The van der Waals surface area contributed by atoms with E-state index in [0.29, 0.717) is 24.2 Å². The molecule has 1 rings (SSSR count). The molecule has 1 aliphatic rings. The van der Waals surface area contributed by atoms with E-state index in [9.17, 15) is 4.39 Å². The van der Waals surface area contributed by atoms with Gasteiger partial charge in [-0.2, -0.15) is 0 Å². The quantitative estimate of drug-likeness (QED) is 0.615. The molecule has 0 aliphatic heterocycles. The highest BCUT2D eigenvalue weighted by Crippen LogP contribution is 2.22. The van der Waals surface area contributed by atoms with Crippen molar-refractivity contribution in [2.45, 2.75) is 52.4 Å². The standard InChI is InChI=1S/C18H30FNO/c1-3-16(8-4-5-13-20)12-14-21-18-9-6-7-15(2)10-11-17(18)19/h6-7,9,11,15-16H,3-5,8,10,12-14,20H2,1-2H3/b7-6-,17-11-,18-9+. The average molecular weight is 295 g/mol. The molecule has 2 atom stereocenters. The molecule has 0 aromatic heterocycles. The van der Waals surface area contributed by atoms with Gasteiger partial charge in [-0.05, 0) is 49.8 Å². The van der Waals surface area contributed by atoms with Crippen LogP contribution in [0.2, 0.25) is 0 Å². The van der Waals surface area contributed by atoms with Crippen LogP contribution < -0.4 is 5.73 Å². The number of ether oxygens (including phenoxy) is 1. The second-order valence-electron chi connectivity index (χ2n) is 5.88. The predicted octanol–water partition coefficient (Wildman–Crippen LogP) is 4.88. The third-order valence-corrected chi connectivity index (χ3v) is 4.02. The number of hydrogen-bond donors (Lipinski definition) is 1. The first kappa shape index (κ1) is 18.0. The van der Waals surface area contributed by atoms with Gasteiger partial charge in [0.05, 0.1) is 6.61 Å². The number of halogens is 1. The lowest BCUT2D eigenvalue weighted by atomic mass is 9.96. The van der Waals surface area contributed by atoms with Crippen molar-refractivity contribution in [1.82, 2.24) is 0 Å². The fraction of sp³-hybridized carbons (Fsp3) is 0.667. The van der Waals surface area contributed by atoms with Crippen LogP contribution in [0.5, 0.6) is 0 Å². The minimum Gasteiger partial charge on any atom is -0.491 e. The predicted molar refractivity (Wildman–Crippen MR) is 87.5 cm³/mol. The van der Waals surface area contributed by atoms with Crippen LogP contribution in [0.15, 0.2) is 35.9 Å². The maximum Gasteiger partial charge on any atom is 0.161 e. The summed E-state index contributed by atoms with van der Waals surface area (Å²) in [5.41, 5.74) is 5.52. The summed E-state index contributed by atoms with van der Waals surface area (Å²) in [4.78, 5) is 0. The van der Waals surface area contributed by atoms with E-state index < -0.39 is 0 Å². The molecule has 3 heteroatoms. The van der Waals surface area contributed by atoms with Crippen molar-refractivity contribution >= 4 is 0 Å². The zero-order chi connectivity index (χ0) is 15.5. The Kier molecular flexibility index (Phi) is 9.07. The van der Waals surface area contributed by atoms with Gasteiger partial charge in [0.25, 0.3) is 0 Å². The Morgan fingerprint density at radius 2 is 2.19 bits per heavy atom.